The van der Waals surface area contributed by atoms with E-state index in [0.29, 0.717) is 19.1 Å². The van der Waals surface area contributed by atoms with Gasteiger partial charge in [0, 0.05) is 43.7 Å². The first-order chi connectivity index (χ1) is 22.1. The van der Waals surface area contributed by atoms with E-state index in [-0.39, 0.29) is 30.8 Å². The van der Waals surface area contributed by atoms with Crippen molar-refractivity contribution in [1.82, 2.24) is 20.4 Å². The number of likely N-dealkylation sites (tertiary alicyclic amines) is 2. The zero-order chi connectivity index (χ0) is 31.0. The van der Waals surface area contributed by atoms with Gasteiger partial charge in [-0.3, -0.25) is 4.90 Å². The van der Waals surface area contributed by atoms with Crippen LogP contribution in [0.5, 0.6) is 0 Å². The molecule has 3 N–H and O–H groups in total. The lowest BCUT2D eigenvalue weighted by Gasteiger charge is -2.43. The largest absolute Gasteiger partial charge is 0.392 e. The molecule has 0 unspecified atom stereocenters. The minimum absolute atomic E-state index is 0.0140. The highest BCUT2D eigenvalue weighted by Crippen LogP contribution is 2.42. The third-order valence-corrected chi connectivity index (χ3v) is 9.71. The van der Waals surface area contributed by atoms with Crippen LogP contribution in [0.4, 0.5) is 4.79 Å². The maximum atomic E-state index is 12.4. The van der Waals surface area contributed by atoms with E-state index in [4.69, 9.17) is 9.47 Å². The summed E-state index contributed by atoms with van der Waals surface area (Å²) in [5.41, 5.74) is 5.04. The van der Waals surface area contributed by atoms with Gasteiger partial charge < -0.3 is 30.1 Å². The number of nitrogens with zero attached hydrogens (tertiary/aromatic N) is 2. The molecule has 3 aromatic rings. The maximum absolute atomic E-state index is 12.4. The maximum Gasteiger partial charge on any atom is 0.315 e. The molecule has 0 radical (unpaired) electrons. The van der Waals surface area contributed by atoms with Crippen LogP contribution in [0.25, 0.3) is 0 Å². The highest BCUT2D eigenvalue weighted by molar-refractivity contribution is 5.73. The minimum atomic E-state index is -0.496. The van der Waals surface area contributed by atoms with E-state index >= 15 is 0 Å². The molecule has 0 saturated carbocycles. The molecule has 8 heteroatoms. The molecule has 3 fully saturated rings. The number of aliphatic hydroxyl groups excluding tert-OH is 1. The van der Waals surface area contributed by atoms with Crippen LogP contribution in [0.1, 0.15) is 72.8 Å². The molecule has 3 aliphatic heterocycles. The van der Waals surface area contributed by atoms with Crippen molar-refractivity contribution < 1.29 is 19.4 Å². The van der Waals surface area contributed by atoms with Gasteiger partial charge in [0.15, 0.2) is 6.29 Å². The van der Waals surface area contributed by atoms with E-state index in [1.165, 1.54) is 38.8 Å². The molecule has 6 rings (SSSR count). The fourth-order valence-electron chi connectivity index (χ4n) is 6.98. The second-order valence-electron chi connectivity index (χ2n) is 12.9. The summed E-state index contributed by atoms with van der Waals surface area (Å²) in [6.45, 7) is 8.82. The zero-order valence-corrected chi connectivity index (χ0v) is 26.4. The molecule has 5 atom stereocenters. The Bertz CT molecular complexity index is 1350. The predicted octanol–water partition coefficient (Wildman–Crippen LogP) is 5.53. The van der Waals surface area contributed by atoms with Crippen LogP contribution in [-0.2, 0) is 29.2 Å². The Balaban J connectivity index is 1.11. The summed E-state index contributed by atoms with van der Waals surface area (Å²) in [6, 6.07) is 26.6. The first-order valence-electron chi connectivity index (χ1n) is 16.7. The summed E-state index contributed by atoms with van der Waals surface area (Å²) in [6.07, 6.45) is 4.53. The number of aliphatic hydroxyl groups is 1. The Morgan fingerprint density at radius 2 is 1.42 bits per heavy atom. The highest BCUT2D eigenvalue weighted by Gasteiger charge is 2.40. The van der Waals surface area contributed by atoms with Crippen molar-refractivity contribution in [3.8, 4) is 0 Å². The van der Waals surface area contributed by atoms with Gasteiger partial charge in [0.1, 0.15) is 0 Å². The van der Waals surface area contributed by atoms with Crippen molar-refractivity contribution >= 4 is 6.03 Å². The van der Waals surface area contributed by atoms with E-state index < -0.39 is 6.29 Å². The average molecular weight is 613 g/mol. The third-order valence-electron chi connectivity index (χ3n) is 9.71. The second kappa shape index (κ2) is 15.3. The summed E-state index contributed by atoms with van der Waals surface area (Å²) in [4.78, 5) is 17.7. The molecule has 0 aromatic heterocycles. The fourth-order valence-corrected chi connectivity index (χ4v) is 6.98. The molecular weight excluding hydrogens is 564 g/mol. The molecule has 0 spiro atoms. The van der Waals surface area contributed by atoms with Crippen molar-refractivity contribution in [3.63, 3.8) is 0 Å². The number of nitrogens with one attached hydrogen (secondary N) is 2. The number of carbonyl (C=O) groups is 1. The molecule has 2 amide bonds. The lowest BCUT2D eigenvalue weighted by atomic mass is 9.90. The lowest BCUT2D eigenvalue weighted by Crippen LogP contribution is -2.48. The summed E-state index contributed by atoms with van der Waals surface area (Å²) in [7, 11) is 0. The highest BCUT2D eigenvalue weighted by atomic mass is 16.7. The number of carbonyl (C=O) groups excluding carboxylic acids is 1. The minimum Gasteiger partial charge on any atom is -0.392 e. The fraction of sp³-hybridized carbons (Fsp3) is 0.486. The van der Waals surface area contributed by atoms with Crippen LogP contribution >= 0.6 is 0 Å². The van der Waals surface area contributed by atoms with Gasteiger partial charge in [-0.25, -0.2) is 4.79 Å². The molecule has 8 nitrogen and oxygen atoms in total. The Hall–Kier alpha value is -3.27. The number of urea groups is 1. The smallest absolute Gasteiger partial charge is 0.315 e. The number of benzene rings is 3. The van der Waals surface area contributed by atoms with Gasteiger partial charge in [-0.15, -0.1) is 0 Å². The monoisotopic (exact) mass is 612 g/mol. The molecule has 3 saturated heterocycles. The van der Waals surface area contributed by atoms with E-state index in [2.05, 4.69) is 51.6 Å². The summed E-state index contributed by atoms with van der Waals surface area (Å²) in [5, 5.41) is 15.4. The van der Waals surface area contributed by atoms with Gasteiger partial charge >= 0.3 is 6.03 Å². The molecule has 240 valence electrons. The third kappa shape index (κ3) is 8.31. The first-order valence-corrected chi connectivity index (χ1v) is 16.7. The first kappa shape index (κ1) is 31.7. The summed E-state index contributed by atoms with van der Waals surface area (Å²) < 4.78 is 13.5. The summed E-state index contributed by atoms with van der Waals surface area (Å²) >= 11 is 0. The van der Waals surface area contributed by atoms with Gasteiger partial charge in [-0.2, -0.15) is 0 Å². The molecule has 3 heterocycles. The van der Waals surface area contributed by atoms with Crippen molar-refractivity contribution in [2.24, 2.45) is 5.92 Å². The number of ether oxygens (including phenoxy) is 2. The van der Waals surface area contributed by atoms with Crippen molar-refractivity contribution in [3.05, 3.63) is 107 Å². The molecule has 45 heavy (non-hydrogen) atoms. The predicted molar refractivity (Wildman–Crippen MR) is 175 cm³/mol. The number of rotatable bonds is 11. The van der Waals surface area contributed by atoms with Crippen LogP contribution in [0.2, 0.25) is 0 Å². The standard InChI is InChI=1S/C37H48N4O4/c1-27-34(25-41-21-7-10-33(41)24-40-19-5-6-20-40)44-36(45-35(27)31-15-13-30(26-42)14-16-31)32-17-11-29(12-18-32)23-39-37(43)38-22-28-8-3-2-4-9-28/h2-4,8-9,11-18,27,33-36,42H,5-7,10,19-26H2,1H3,(H2,38,39,43)/t27-,33+,34+,35+,36+/m1/s1. The quantitative estimate of drug-likeness (QED) is 0.264. The Kier molecular flexibility index (Phi) is 10.8. The van der Waals surface area contributed by atoms with Gasteiger partial charge in [-0.05, 0) is 67.6 Å². The normalized spacial score (nSPS) is 25.8. The van der Waals surface area contributed by atoms with E-state index in [0.717, 1.165) is 47.5 Å². The molecule has 0 aliphatic carbocycles. The second-order valence-corrected chi connectivity index (χ2v) is 12.9. The van der Waals surface area contributed by atoms with Crippen LogP contribution in [0.3, 0.4) is 0 Å². The van der Waals surface area contributed by atoms with Gasteiger partial charge in [0.25, 0.3) is 0 Å². The number of amides is 2. The molecule has 3 aromatic carbocycles. The van der Waals surface area contributed by atoms with Gasteiger partial charge in [0.2, 0.25) is 0 Å². The topological polar surface area (TPSA) is 86.3 Å². The Morgan fingerprint density at radius 1 is 0.778 bits per heavy atom. The van der Waals surface area contributed by atoms with Crippen LogP contribution in [0, 0.1) is 5.92 Å². The lowest BCUT2D eigenvalue weighted by molar-refractivity contribution is -0.276. The average Bonchev–Trinajstić information content (AvgIpc) is 3.77. The van der Waals surface area contributed by atoms with Crippen LogP contribution < -0.4 is 10.6 Å². The van der Waals surface area contributed by atoms with Crippen LogP contribution in [-0.4, -0.2) is 65.8 Å². The van der Waals surface area contributed by atoms with E-state index in [1.54, 1.807) is 0 Å². The number of hydrogen-bond acceptors (Lipinski definition) is 6. The van der Waals surface area contributed by atoms with Crippen molar-refractivity contribution in [1.29, 1.82) is 0 Å². The van der Waals surface area contributed by atoms with Gasteiger partial charge in [-0.1, -0.05) is 85.8 Å². The van der Waals surface area contributed by atoms with E-state index in [1.807, 2.05) is 54.6 Å². The van der Waals surface area contributed by atoms with Crippen molar-refractivity contribution in [2.75, 3.05) is 32.7 Å². The molecular formula is C37H48N4O4. The van der Waals surface area contributed by atoms with Crippen LogP contribution in [0.15, 0.2) is 78.9 Å². The molecule has 3 aliphatic rings. The summed E-state index contributed by atoms with van der Waals surface area (Å²) in [5.74, 6) is 0.159. The Labute approximate surface area is 267 Å². The van der Waals surface area contributed by atoms with E-state index in [9.17, 15) is 9.90 Å². The van der Waals surface area contributed by atoms with Crippen molar-refractivity contribution in [2.45, 2.75) is 76.8 Å². The number of hydrogen-bond donors (Lipinski definition) is 3. The van der Waals surface area contributed by atoms with Gasteiger partial charge in [0.05, 0.1) is 18.8 Å². The SMILES string of the molecule is C[C@@H]1[C@H](CN2CCC[C@H]2CN2CCCC2)O[C@H](c2ccc(CNC(=O)NCc3ccccc3)cc2)O[C@@H]1c1ccc(CO)cc1. The molecule has 0 bridgehead atoms. The Morgan fingerprint density at radius 3 is 2.11 bits per heavy atom. The zero-order valence-electron chi connectivity index (χ0n) is 26.4.